The normalized spacial score (nSPS) is 22.5. The van der Waals surface area contributed by atoms with Gasteiger partial charge in [-0.25, -0.2) is 0 Å². The van der Waals surface area contributed by atoms with Crippen molar-refractivity contribution in [3.63, 3.8) is 0 Å². The minimum atomic E-state index is -1.10. The molecule has 1 aromatic carbocycles. The Morgan fingerprint density at radius 3 is 2.62 bits per heavy atom. The lowest BCUT2D eigenvalue weighted by Gasteiger charge is -2.39. The average molecular weight is 358 g/mol. The van der Waals surface area contributed by atoms with Crippen molar-refractivity contribution < 1.29 is 24.2 Å². The summed E-state index contributed by atoms with van der Waals surface area (Å²) in [5.41, 5.74) is 0.654. The fourth-order valence-corrected chi connectivity index (χ4v) is 3.71. The number of ether oxygens (including phenoxy) is 1. The van der Waals surface area contributed by atoms with Gasteiger partial charge in [0.15, 0.2) is 0 Å². The highest BCUT2D eigenvalue weighted by atomic mass is 16.5. The van der Waals surface area contributed by atoms with Crippen molar-refractivity contribution in [3.8, 4) is 0 Å². The van der Waals surface area contributed by atoms with E-state index in [0.29, 0.717) is 30.6 Å². The number of likely N-dealkylation sites (tertiary alicyclic amines) is 1. The van der Waals surface area contributed by atoms with Gasteiger partial charge in [0, 0.05) is 37.0 Å². The predicted molar refractivity (Wildman–Crippen MR) is 94.3 cm³/mol. The smallest absolute Gasteiger partial charge is 0.313 e. The second kappa shape index (κ2) is 6.92. The van der Waals surface area contributed by atoms with Gasteiger partial charge in [-0.15, -0.1) is 0 Å². The summed E-state index contributed by atoms with van der Waals surface area (Å²) >= 11 is 0. The van der Waals surface area contributed by atoms with Gasteiger partial charge in [-0.05, 0) is 18.9 Å². The monoisotopic (exact) mass is 358 g/mol. The zero-order valence-electron chi connectivity index (χ0n) is 14.7. The number of benzene rings is 1. The van der Waals surface area contributed by atoms with E-state index in [9.17, 15) is 19.5 Å². The number of nitrogens with zero attached hydrogens (tertiary/aromatic N) is 2. The first kappa shape index (κ1) is 18.1. The highest BCUT2D eigenvalue weighted by Crippen LogP contribution is 2.33. The van der Waals surface area contributed by atoms with Crippen LogP contribution in [0.2, 0.25) is 0 Å². The van der Waals surface area contributed by atoms with E-state index in [1.807, 2.05) is 6.07 Å². The Bertz CT molecular complexity index is 736. The zero-order valence-corrected chi connectivity index (χ0v) is 14.7. The molecule has 2 heterocycles. The van der Waals surface area contributed by atoms with E-state index in [4.69, 9.17) is 4.74 Å². The maximum atomic E-state index is 12.8. The van der Waals surface area contributed by atoms with Crippen LogP contribution in [0.1, 0.15) is 28.8 Å². The van der Waals surface area contributed by atoms with Gasteiger partial charge in [-0.2, -0.15) is 0 Å². The Kier molecular flexibility index (Phi) is 4.82. The molecule has 2 amide bonds. The molecule has 26 heavy (non-hydrogen) atoms. The first-order valence-electron chi connectivity index (χ1n) is 8.50. The van der Waals surface area contributed by atoms with Crippen LogP contribution < -0.4 is 0 Å². The summed E-state index contributed by atoms with van der Waals surface area (Å²) in [6.07, 6.45) is 1.04. The van der Waals surface area contributed by atoms with Crippen LogP contribution in [0.4, 0.5) is 0 Å². The molecule has 1 unspecified atom stereocenters. The van der Waals surface area contributed by atoms with E-state index < -0.39 is 11.4 Å². The molecule has 138 valence electrons. The predicted octanol–water partition coefficient (Wildman–Crippen LogP) is 1.45. The molecule has 7 heteroatoms. The Balaban J connectivity index is 1.74. The molecule has 1 aromatic rings. The van der Waals surface area contributed by atoms with E-state index in [2.05, 4.69) is 6.58 Å². The lowest BCUT2D eigenvalue weighted by Crippen LogP contribution is -2.53. The summed E-state index contributed by atoms with van der Waals surface area (Å²) in [6, 6.07) is 7.10. The van der Waals surface area contributed by atoms with E-state index in [-0.39, 0.29) is 31.5 Å². The molecule has 0 radical (unpaired) electrons. The minimum Gasteiger partial charge on any atom is -0.481 e. The zero-order chi connectivity index (χ0) is 18.9. The first-order chi connectivity index (χ1) is 12.4. The number of carboxylic acid groups (broad SMARTS) is 1. The number of carboxylic acids is 1. The highest BCUT2D eigenvalue weighted by Gasteiger charge is 2.44. The van der Waals surface area contributed by atoms with Crippen molar-refractivity contribution in [1.29, 1.82) is 0 Å². The number of fused-ring (bicyclic) bond motifs is 1. The number of hydrogen-bond acceptors (Lipinski definition) is 4. The standard InChI is InChI=1S/C19H22N2O5/c1-13-14-6-3-4-7-15(14)17(23)21(13)10-16(22)20-9-5-8-19(11-20,12-26-2)18(24)25/h3-4,6-7H,1,5,8-12H2,2H3,(H,24,25). The summed E-state index contributed by atoms with van der Waals surface area (Å²) < 4.78 is 5.09. The van der Waals surface area contributed by atoms with Crippen LogP contribution in [-0.2, 0) is 14.3 Å². The maximum Gasteiger partial charge on any atom is 0.313 e. The maximum absolute atomic E-state index is 12.8. The lowest BCUT2D eigenvalue weighted by atomic mass is 9.80. The molecule has 3 rings (SSSR count). The summed E-state index contributed by atoms with van der Waals surface area (Å²) in [5.74, 6) is -1.50. The summed E-state index contributed by atoms with van der Waals surface area (Å²) in [5, 5.41) is 9.61. The van der Waals surface area contributed by atoms with Crippen LogP contribution in [0, 0.1) is 5.41 Å². The Morgan fingerprint density at radius 2 is 2.00 bits per heavy atom. The van der Waals surface area contributed by atoms with Crippen molar-refractivity contribution in [1.82, 2.24) is 9.80 Å². The van der Waals surface area contributed by atoms with Crippen molar-refractivity contribution >= 4 is 23.5 Å². The summed E-state index contributed by atoms with van der Waals surface area (Å²) in [7, 11) is 1.45. The van der Waals surface area contributed by atoms with Crippen LogP contribution in [0.3, 0.4) is 0 Å². The van der Waals surface area contributed by atoms with Gasteiger partial charge in [-0.3, -0.25) is 19.3 Å². The highest BCUT2D eigenvalue weighted by molar-refractivity contribution is 6.10. The van der Waals surface area contributed by atoms with Gasteiger partial charge in [0.05, 0.1) is 6.61 Å². The van der Waals surface area contributed by atoms with Crippen molar-refractivity contribution in [3.05, 3.63) is 42.0 Å². The number of carbonyl (C=O) groups excluding carboxylic acids is 2. The van der Waals surface area contributed by atoms with E-state index in [0.717, 1.165) is 5.56 Å². The van der Waals surface area contributed by atoms with E-state index in [1.165, 1.54) is 16.9 Å². The molecule has 2 aliphatic rings. The quantitative estimate of drug-likeness (QED) is 0.861. The van der Waals surface area contributed by atoms with Crippen molar-refractivity contribution in [2.24, 2.45) is 5.41 Å². The fourth-order valence-electron chi connectivity index (χ4n) is 3.71. The number of amides is 2. The third-order valence-electron chi connectivity index (χ3n) is 5.14. The molecule has 0 saturated carbocycles. The number of rotatable bonds is 5. The van der Waals surface area contributed by atoms with Crippen molar-refractivity contribution in [2.45, 2.75) is 12.8 Å². The van der Waals surface area contributed by atoms with Gasteiger partial charge >= 0.3 is 5.97 Å². The van der Waals surface area contributed by atoms with Crippen LogP contribution in [0.25, 0.3) is 5.70 Å². The molecular weight excluding hydrogens is 336 g/mol. The molecule has 7 nitrogen and oxygen atoms in total. The van der Waals surface area contributed by atoms with Crippen LogP contribution >= 0.6 is 0 Å². The third kappa shape index (κ3) is 2.99. The lowest BCUT2D eigenvalue weighted by molar-refractivity contribution is -0.159. The largest absolute Gasteiger partial charge is 0.481 e. The molecule has 1 saturated heterocycles. The molecule has 0 aromatic heterocycles. The molecule has 0 bridgehead atoms. The summed E-state index contributed by atoms with van der Waals surface area (Å²) in [6.45, 7) is 4.39. The van der Waals surface area contributed by atoms with Crippen molar-refractivity contribution in [2.75, 3.05) is 33.4 Å². The third-order valence-corrected chi connectivity index (χ3v) is 5.14. The van der Waals surface area contributed by atoms with Gasteiger partial charge in [0.1, 0.15) is 12.0 Å². The van der Waals surface area contributed by atoms with Gasteiger partial charge in [0.25, 0.3) is 5.91 Å². The number of carbonyl (C=O) groups is 3. The molecule has 0 spiro atoms. The molecular formula is C19H22N2O5. The average Bonchev–Trinajstić information content (AvgIpc) is 2.87. The number of piperidine rings is 1. The Morgan fingerprint density at radius 1 is 1.31 bits per heavy atom. The molecule has 2 aliphatic heterocycles. The minimum absolute atomic E-state index is 0.0485. The molecule has 0 aliphatic carbocycles. The first-order valence-corrected chi connectivity index (χ1v) is 8.50. The van der Waals surface area contributed by atoms with Crippen LogP contribution in [0.5, 0.6) is 0 Å². The fraction of sp³-hybridized carbons (Fsp3) is 0.421. The van der Waals surface area contributed by atoms with Gasteiger partial charge in [0.2, 0.25) is 5.91 Å². The Labute approximate surface area is 151 Å². The van der Waals surface area contributed by atoms with Gasteiger partial charge in [-0.1, -0.05) is 24.8 Å². The Hall–Kier alpha value is -2.67. The number of aliphatic carboxylic acids is 1. The van der Waals surface area contributed by atoms with E-state index in [1.54, 1.807) is 18.2 Å². The molecule has 1 fully saturated rings. The van der Waals surface area contributed by atoms with E-state index >= 15 is 0 Å². The number of hydrogen-bond donors (Lipinski definition) is 1. The second-order valence-corrected chi connectivity index (χ2v) is 6.82. The van der Waals surface area contributed by atoms with Gasteiger partial charge < -0.3 is 14.7 Å². The second-order valence-electron chi connectivity index (χ2n) is 6.82. The molecule has 1 atom stereocenters. The van der Waals surface area contributed by atoms with Crippen LogP contribution in [0.15, 0.2) is 30.8 Å². The topological polar surface area (TPSA) is 87.2 Å². The molecule has 1 N–H and O–H groups in total. The SMILES string of the molecule is C=C1c2ccccc2C(=O)N1CC(=O)N1CCCC(COC)(C(=O)O)C1. The summed E-state index contributed by atoms with van der Waals surface area (Å²) in [4.78, 5) is 39.9. The van der Waals surface area contributed by atoms with Crippen LogP contribution in [-0.4, -0.2) is 66.0 Å². The number of methoxy groups -OCH3 is 1.